The lowest BCUT2D eigenvalue weighted by Crippen LogP contribution is -2.12. The van der Waals surface area contributed by atoms with Crippen LogP contribution in [0.3, 0.4) is 0 Å². The van der Waals surface area contributed by atoms with E-state index in [1.54, 1.807) is 36.4 Å². The molecule has 2 rings (SSSR count). The van der Waals surface area contributed by atoms with Crippen LogP contribution in [-0.4, -0.2) is 29.6 Å². The van der Waals surface area contributed by atoms with Crippen molar-refractivity contribution in [3.8, 4) is 0 Å². The highest BCUT2D eigenvalue weighted by Crippen LogP contribution is 2.15. The molecule has 0 unspecified atom stereocenters. The highest BCUT2D eigenvalue weighted by Gasteiger charge is 2.06. The molecule has 24 heavy (non-hydrogen) atoms. The third kappa shape index (κ3) is 5.84. The van der Waals surface area contributed by atoms with E-state index in [1.165, 1.54) is 12.1 Å². The molecule has 0 aliphatic carbocycles. The number of anilines is 2. The van der Waals surface area contributed by atoms with Gasteiger partial charge < -0.3 is 5.32 Å². The molecule has 2 aromatic rings. The molecule has 0 radical (unpaired) electrons. The fraction of sp³-hybridized carbons (Fsp3) is 0.200. The second-order valence-electron chi connectivity index (χ2n) is 5.32. The van der Waals surface area contributed by atoms with Crippen LogP contribution in [0.1, 0.15) is 5.56 Å². The van der Waals surface area contributed by atoms with Crippen molar-refractivity contribution in [2.45, 2.75) is 11.3 Å². The number of nitrogens with one attached hydrogen (secondary N) is 2. The maximum absolute atomic E-state index is 11.2. The van der Waals surface area contributed by atoms with Crippen molar-refractivity contribution < 1.29 is 16.8 Å². The third-order valence-corrected chi connectivity index (χ3v) is 4.72. The van der Waals surface area contributed by atoms with Crippen LogP contribution in [0.4, 0.5) is 11.4 Å². The van der Waals surface area contributed by atoms with Crippen LogP contribution in [0.25, 0.3) is 0 Å². The van der Waals surface area contributed by atoms with Crippen LogP contribution in [0.5, 0.6) is 0 Å². The monoisotopic (exact) mass is 369 g/mol. The Morgan fingerprint density at radius 3 is 1.92 bits per heavy atom. The minimum Gasteiger partial charge on any atom is -0.385 e. The molecule has 0 saturated heterocycles. The molecule has 7 nitrogen and oxygen atoms in total. The summed E-state index contributed by atoms with van der Waals surface area (Å²) in [7, 11) is -6.94. The van der Waals surface area contributed by atoms with Crippen molar-refractivity contribution in [3.63, 3.8) is 0 Å². The minimum atomic E-state index is -3.66. The number of nitrogens with two attached hydrogens (primary N) is 1. The molecule has 0 aromatic heterocycles. The van der Waals surface area contributed by atoms with Crippen molar-refractivity contribution in [2.75, 3.05) is 22.8 Å². The topological polar surface area (TPSA) is 118 Å². The minimum absolute atomic E-state index is 0.0909. The first-order valence-corrected chi connectivity index (χ1v) is 10.5. The summed E-state index contributed by atoms with van der Waals surface area (Å²) in [5.41, 5.74) is 2.34. The molecule has 0 atom stereocenters. The fourth-order valence-corrected chi connectivity index (χ4v) is 3.15. The average Bonchev–Trinajstić information content (AvgIpc) is 2.47. The van der Waals surface area contributed by atoms with Gasteiger partial charge in [0, 0.05) is 17.9 Å². The van der Waals surface area contributed by atoms with Gasteiger partial charge >= 0.3 is 0 Å². The molecule has 0 heterocycles. The Balaban J connectivity index is 1.88. The lowest BCUT2D eigenvalue weighted by Gasteiger charge is -2.09. The van der Waals surface area contributed by atoms with E-state index in [1.807, 2.05) is 0 Å². The lowest BCUT2D eigenvalue weighted by atomic mass is 10.1. The molecule has 0 saturated carbocycles. The summed E-state index contributed by atoms with van der Waals surface area (Å²) in [5.74, 6) is 0. The van der Waals surface area contributed by atoms with Gasteiger partial charge in [-0.1, -0.05) is 12.1 Å². The van der Waals surface area contributed by atoms with E-state index in [4.69, 9.17) is 5.14 Å². The van der Waals surface area contributed by atoms with Crippen LogP contribution >= 0.6 is 0 Å². The summed E-state index contributed by atoms with van der Waals surface area (Å²) in [5, 5.41) is 8.26. The van der Waals surface area contributed by atoms with E-state index >= 15 is 0 Å². The lowest BCUT2D eigenvalue weighted by molar-refractivity contribution is 0.597. The summed E-state index contributed by atoms with van der Waals surface area (Å²) in [6.07, 6.45) is 1.80. The van der Waals surface area contributed by atoms with E-state index < -0.39 is 20.0 Å². The Morgan fingerprint density at radius 1 is 0.875 bits per heavy atom. The zero-order valence-electron chi connectivity index (χ0n) is 13.1. The van der Waals surface area contributed by atoms with E-state index in [9.17, 15) is 16.8 Å². The van der Waals surface area contributed by atoms with Gasteiger partial charge in [0.1, 0.15) is 0 Å². The van der Waals surface area contributed by atoms with Crippen molar-refractivity contribution in [1.82, 2.24) is 0 Å². The Labute approximate surface area is 142 Å². The predicted molar refractivity (Wildman–Crippen MR) is 94.9 cm³/mol. The summed E-state index contributed by atoms with van der Waals surface area (Å²) in [6, 6.07) is 13.3. The molecule has 9 heteroatoms. The first-order valence-electron chi connectivity index (χ1n) is 7.07. The number of rotatable bonds is 7. The number of benzene rings is 2. The predicted octanol–water partition coefficient (Wildman–Crippen LogP) is 1.36. The third-order valence-electron chi connectivity index (χ3n) is 3.18. The molecule has 0 spiro atoms. The van der Waals surface area contributed by atoms with E-state index in [-0.39, 0.29) is 4.90 Å². The van der Waals surface area contributed by atoms with Crippen LogP contribution in [-0.2, 0) is 26.5 Å². The normalized spacial score (nSPS) is 11.9. The molecule has 130 valence electrons. The molecule has 0 bridgehead atoms. The maximum atomic E-state index is 11.2. The van der Waals surface area contributed by atoms with Crippen molar-refractivity contribution in [2.24, 2.45) is 5.14 Å². The number of hydrogen-bond acceptors (Lipinski definition) is 5. The first-order chi connectivity index (χ1) is 11.1. The quantitative estimate of drug-likeness (QED) is 0.681. The summed E-state index contributed by atoms with van der Waals surface area (Å²) in [4.78, 5) is 0.0909. The van der Waals surface area contributed by atoms with Crippen LogP contribution in [0.2, 0.25) is 0 Å². The molecular formula is C15H19N3O4S2. The van der Waals surface area contributed by atoms with E-state index in [2.05, 4.69) is 10.0 Å². The molecule has 0 amide bonds. The van der Waals surface area contributed by atoms with Crippen molar-refractivity contribution in [3.05, 3.63) is 54.1 Å². The number of primary sulfonamides is 1. The van der Waals surface area contributed by atoms with Gasteiger partial charge in [0.05, 0.1) is 11.2 Å². The largest absolute Gasteiger partial charge is 0.385 e. The van der Waals surface area contributed by atoms with Crippen LogP contribution in [0.15, 0.2) is 53.4 Å². The highest BCUT2D eigenvalue weighted by molar-refractivity contribution is 7.92. The number of hydrogen-bond donors (Lipinski definition) is 3. The molecule has 0 aliphatic rings. The van der Waals surface area contributed by atoms with Crippen molar-refractivity contribution >= 4 is 31.4 Å². The SMILES string of the molecule is CS(=O)(=O)Nc1ccc(NCCc2ccc(S(N)(=O)=O)cc2)cc1. The van der Waals surface area contributed by atoms with Crippen LogP contribution < -0.4 is 15.2 Å². The second-order valence-corrected chi connectivity index (χ2v) is 8.63. The van der Waals surface area contributed by atoms with Gasteiger partial charge in [0.2, 0.25) is 20.0 Å². The zero-order chi connectivity index (χ0) is 17.8. The van der Waals surface area contributed by atoms with E-state index in [0.29, 0.717) is 18.7 Å². The average molecular weight is 369 g/mol. The maximum Gasteiger partial charge on any atom is 0.238 e. The van der Waals surface area contributed by atoms with Gasteiger partial charge in [-0.2, -0.15) is 0 Å². The number of sulfonamides is 2. The van der Waals surface area contributed by atoms with Gasteiger partial charge in [-0.05, 0) is 48.4 Å². The summed E-state index contributed by atoms with van der Waals surface area (Å²) in [6.45, 7) is 0.646. The molecular weight excluding hydrogens is 350 g/mol. The molecule has 4 N–H and O–H groups in total. The Morgan fingerprint density at radius 2 is 1.42 bits per heavy atom. The van der Waals surface area contributed by atoms with Gasteiger partial charge in [-0.25, -0.2) is 22.0 Å². The molecule has 0 aliphatic heterocycles. The zero-order valence-corrected chi connectivity index (χ0v) is 14.7. The Kier molecular flexibility index (Phi) is 5.47. The molecule has 0 fully saturated rings. The second kappa shape index (κ2) is 7.20. The summed E-state index contributed by atoms with van der Waals surface area (Å²) >= 11 is 0. The van der Waals surface area contributed by atoms with Gasteiger partial charge in [0.25, 0.3) is 0 Å². The summed E-state index contributed by atoms with van der Waals surface area (Å²) < 4.78 is 47.0. The Bertz CT molecular complexity index is 891. The highest BCUT2D eigenvalue weighted by atomic mass is 32.2. The van der Waals surface area contributed by atoms with E-state index in [0.717, 1.165) is 17.5 Å². The van der Waals surface area contributed by atoms with Gasteiger partial charge in [-0.3, -0.25) is 4.72 Å². The fourth-order valence-electron chi connectivity index (χ4n) is 2.07. The van der Waals surface area contributed by atoms with Gasteiger partial charge in [0.15, 0.2) is 0 Å². The smallest absolute Gasteiger partial charge is 0.238 e. The standard InChI is InChI=1S/C15H19N3O4S2/c1-23(19,20)18-14-6-4-13(5-7-14)17-11-10-12-2-8-15(9-3-12)24(16,21)22/h2-9,17-18H,10-11H2,1H3,(H2,16,21,22). The Hall–Kier alpha value is -2.10. The molecule has 2 aromatic carbocycles. The van der Waals surface area contributed by atoms with Gasteiger partial charge in [-0.15, -0.1) is 0 Å². The van der Waals surface area contributed by atoms with Crippen molar-refractivity contribution in [1.29, 1.82) is 0 Å². The van der Waals surface area contributed by atoms with Crippen LogP contribution in [0, 0.1) is 0 Å². The first kappa shape index (κ1) is 18.2.